The van der Waals surface area contributed by atoms with Crippen LogP contribution in [0.3, 0.4) is 0 Å². The van der Waals surface area contributed by atoms with Gasteiger partial charge in [0.15, 0.2) is 0 Å². The number of hydrogen-bond donors (Lipinski definition) is 1. The third-order valence-electron chi connectivity index (χ3n) is 4.01. The lowest BCUT2D eigenvalue weighted by molar-refractivity contribution is 0.102. The molecule has 0 aliphatic heterocycles. The van der Waals surface area contributed by atoms with Crippen LogP contribution in [-0.4, -0.2) is 42.9 Å². The summed E-state index contributed by atoms with van der Waals surface area (Å²) < 4.78 is 30.8. The summed E-state index contributed by atoms with van der Waals surface area (Å²) in [6.07, 6.45) is 0. The Balaban J connectivity index is 1.76. The Morgan fingerprint density at radius 2 is 1.61 bits per heavy atom. The van der Waals surface area contributed by atoms with Gasteiger partial charge in [-0.3, -0.25) is 10.1 Å². The largest absolute Gasteiger partial charge is 0.403 e. The smallest absolute Gasteiger partial charge is 0.322 e. The van der Waals surface area contributed by atoms with Crippen LogP contribution in [0.25, 0.3) is 11.5 Å². The Hall–Kier alpha value is -3.04. The molecule has 0 spiro atoms. The lowest BCUT2D eigenvalue weighted by Crippen LogP contribution is -2.22. The van der Waals surface area contributed by atoms with Crippen molar-refractivity contribution in [1.29, 1.82) is 0 Å². The van der Waals surface area contributed by atoms with Crippen LogP contribution in [0.4, 0.5) is 6.01 Å². The van der Waals surface area contributed by atoms with Gasteiger partial charge >= 0.3 is 6.01 Å². The third-order valence-corrected chi connectivity index (χ3v) is 5.84. The second kappa shape index (κ2) is 7.53. The number of aromatic nitrogens is 2. The molecule has 3 aromatic rings. The predicted molar refractivity (Wildman–Crippen MR) is 104 cm³/mol. The van der Waals surface area contributed by atoms with Gasteiger partial charge in [-0.25, -0.2) is 12.7 Å². The van der Waals surface area contributed by atoms with Gasteiger partial charge in [0.1, 0.15) is 0 Å². The molecule has 146 valence electrons. The van der Waals surface area contributed by atoms with Crippen LogP contribution >= 0.6 is 0 Å². The molecule has 0 unspecified atom stereocenters. The summed E-state index contributed by atoms with van der Waals surface area (Å²) in [6, 6.07) is 11.4. The molecule has 1 heterocycles. The predicted octanol–water partition coefficient (Wildman–Crippen LogP) is 2.86. The molecule has 0 fully saturated rings. The van der Waals surface area contributed by atoms with Gasteiger partial charge in [-0.15, -0.1) is 5.10 Å². The van der Waals surface area contributed by atoms with Gasteiger partial charge in [0.05, 0.1) is 4.90 Å². The van der Waals surface area contributed by atoms with E-state index in [1.807, 2.05) is 32.0 Å². The highest BCUT2D eigenvalue weighted by molar-refractivity contribution is 7.89. The minimum absolute atomic E-state index is 0.0378. The molecule has 1 N–H and O–H groups in total. The van der Waals surface area contributed by atoms with Gasteiger partial charge < -0.3 is 4.42 Å². The van der Waals surface area contributed by atoms with Crippen molar-refractivity contribution in [2.75, 3.05) is 19.4 Å². The summed E-state index contributed by atoms with van der Waals surface area (Å²) in [5, 5.41) is 10.3. The second-order valence-electron chi connectivity index (χ2n) is 6.55. The van der Waals surface area contributed by atoms with E-state index < -0.39 is 15.9 Å². The molecule has 0 aliphatic rings. The molecule has 2 aromatic carbocycles. The van der Waals surface area contributed by atoms with Crippen LogP contribution in [0.5, 0.6) is 0 Å². The number of hydrogen-bond acceptors (Lipinski definition) is 6. The number of amides is 1. The Kier molecular flexibility index (Phi) is 5.30. The number of aryl methyl sites for hydroxylation is 2. The van der Waals surface area contributed by atoms with Crippen molar-refractivity contribution in [2.24, 2.45) is 0 Å². The average Bonchev–Trinajstić information content (AvgIpc) is 3.09. The third kappa shape index (κ3) is 4.10. The Bertz CT molecular complexity index is 1100. The van der Waals surface area contributed by atoms with Crippen LogP contribution in [0.15, 0.2) is 51.8 Å². The summed E-state index contributed by atoms with van der Waals surface area (Å²) in [7, 11) is -0.665. The standard InChI is InChI=1S/C19H20N4O4S/c1-12-9-13(2)11-15(10-12)18-21-22-19(27-18)20-17(24)14-5-7-16(8-6-14)28(25,26)23(3)4/h5-11H,1-4H3,(H,20,22,24). The Morgan fingerprint density at radius 3 is 2.18 bits per heavy atom. The van der Waals surface area contributed by atoms with Crippen molar-refractivity contribution in [2.45, 2.75) is 18.7 Å². The van der Waals surface area contributed by atoms with E-state index in [0.29, 0.717) is 5.89 Å². The zero-order chi connectivity index (χ0) is 20.5. The summed E-state index contributed by atoms with van der Waals surface area (Å²) in [6.45, 7) is 3.94. The van der Waals surface area contributed by atoms with Gasteiger partial charge in [-0.1, -0.05) is 22.3 Å². The zero-order valence-electron chi connectivity index (χ0n) is 15.9. The van der Waals surface area contributed by atoms with Crippen LogP contribution in [0.2, 0.25) is 0 Å². The molecule has 8 nitrogen and oxygen atoms in total. The molecule has 0 atom stereocenters. The first-order chi connectivity index (χ1) is 13.2. The van der Waals surface area contributed by atoms with Gasteiger partial charge in [-0.2, -0.15) is 0 Å². The molecule has 1 amide bonds. The SMILES string of the molecule is Cc1cc(C)cc(-c2nnc(NC(=O)c3ccc(S(=O)(=O)N(C)C)cc3)o2)c1. The molecule has 28 heavy (non-hydrogen) atoms. The van der Waals surface area contributed by atoms with Crippen molar-refractivity contribution in [3.8, 4) is 11.5 Å². The fraction of sp³-hybridized carbons (Fsp3) is 0.211. The quantitative estimate of drug-likeness (QED) is 0.706. The summed E-state index contributed by atoms with van der Waals surface area (Å²) >= 11 is 0. The number of carbonyl (C=O) groups excluding carboxylic acids is 1. The van der Waals surface area contributed by atoms with Crippen molar-refractivity contribution in [1.82, 2.24) is 14.5 Å². The topological polar surface area (TPSA) is 105 Å². The second-order valence-corrected chi connectivity index (χ2v) is 8.71. The van der Waals surface area contributed by atoms with Crippen LogP contribution in [-0.2, 0) is 10.0 Å². The van der Waals surface area contributed by atoms with Crippen molar-refractivity contribution in [3.05, 3.63) is 59.2 Å². The minimum atomic E-state index is -3.55. The first-order valence-corrected chi connectivity index (χ1v) is 9.87. The molecule has 0 bridgehead atoms. The lowest BCUT2D eigenvalue weighted by atomic mass is 10.1. The maximum atomic E-state index is 12.4. The lowest BCUT2D eigenvalue weighted by Gasteiger charge is -2.11. The van der Waals surface area contributed by atoms with E-state index in [4.69, 9.17) is 4.42 Å². The number of sulfonamides is 1. The van der Waals surface area contributed by atoms with Gasteiger partial charge in [0, 0.05) is 25.2 Å². The first-order valence-electron chi connectivity index (χ1n) is 8.43. The highest BCUT2D eigenvalue weighted by Gasteiger charge is 2.18. The highest BCUT2D eigenvalue weighted by Crippen LogP contribution is 2.23. The normalized spacial score (nSPS) is 11.6. The van der Waals surface area contributed by atoms with Crippen LogP contribution in [0, 0.1) is 13.8 Å². The van der Waals surface area contributed by atoms with E-state index in [1.54, 1.807) is 0 Å². The monoisotopic (exact) mass is 400 g/mol. The number of nitrogens with one attached hydrogen (secondary N) is 1. The molecule has 0 radical (unpaired) electrons. The minimum Gasteiger partial charge on any atom is -0.403 e. The maximum Gasteiger partial charge on any atom is 0.322 e. The van der Waals surface area contributed by atoms with Crippen molar-refractivity contribution in [3.63, 3.8) is 0 Å². The van der Waals surface area contributed by atoms with Crippen LogP contribution < -0.4 is 5.32 Å². The Labute approximate surface area is 163 Å². The number of carbonyl (C=O) groups is 1. The number of rotatable bonds is 5. The van der Waals surface area contributed by atoms with Crippen molar-refractivity contribution >= 4 is 21.9 Å². The molecule has 0 saturated heterocycles. The maximum absolute atomic E-state index is 12.4. The highest BCUT2D eigenvalue weighted by atomic mass is 32.2. The molecule has 1 aromatic heterocycles. The number of anilines is 1. The van der Waals surface area contributed by atoms with Gasteiger partial charge in [-0.05, 0) is 50.2 Å². The van der Waals surface area contributed by atoms with Crippen molar-refractivity contribution < 1.29 is 17.6 Å². The fourth-order valence-corrected chi connectivity index (χ4v) is 3.55. The van der Waals surface area contributed by atoms with E-state index in [2.05, 4.69) is 15.5 Å². The number of benzene rings is 2. The summed E-state index contributed by atoms with van der Waals surface area (Å²) in [5.41, 5.74) is 3.16. The first kappa shape index (κ1) is 19.7. The van der Waals surface area contributed by atoms with E-state index in [9.17, 15) is 13.2 Å². The molecule has 0 aliphatic carbocycles. The summed E-state index contributed by atoms with van der Waals surface area (Å²) in [4.78, 5) is 12.5. The fourth-order valence-electron chi connectivity index (χ4n) is 2.65. The molecular weight excluding hydrogens is 380 g/mol. The average molecular weight is 400 g/mol. The number of nitrogens with zero attached hydrogens (tertiary/aromatic N) is 3. The zero-order valence-corrected chi connectivity index (χ0v) is 16.7. The van der Waals surface area contributed by atoms with Gasteiger partial charge in [0.2, 0.25) is 15.9 Å². The molecule has 0 saturated carbocycles. The van der Waals surface area contributed by atoms with Gasteiger partial charge in [0.25, 0.3) is 5.91 Å². The molecule has 9 heteroatoms. The Morgan fingerprint density at radius 1 is 1.00 bits per heavy atom. The van der Waals surface area contributed by atoms with E-state index in [-0.39, 0.29) is 16.5 Å². The van der Waals surface area contributed by atoms with E-state index in [0.717, 1.165) is 21.0 Å². The van der Waals surface area contributed by atoms with Crippen LogP contribution in [0.1, 0.15) is 21.5 Å². The molecular formula is C19H20N4O4S. The van der Waals surface area contributed by atoms with E-state index in [1.165, 1.54) is 38.4 Å². The molecule has 3 rings (SSSR count). The summed E-state index contributed by atoms with van der Waals surface area (Å²) in [5.74, 6) is -0.182. The van der Waals surface area contributed by atoms with E-state index >= 15 is 0 Å².